The Balaban J connectivity index is 2.45. The average molecular weight is 306 g/mol. The Kier molecular flexibility index (Phi) is 4.74. The average Bonchev–Trinajstić information content (AvgIpc) is 2.96. The first-order valence-electron chi connectivity index (χ1n) is 6.65. The molecule has 0 atom stereocenters. The highest BCUT2D eigenvalue weighted by molar-refractivity contribution is 7.09. The second kappa shape index (κ2) is 6.53. The normalized spacial score (nSPS) is 10.7. The number of nitrogens with zero attached hydrogens (tertiary/aromatic N) is 3. The Morgan fingerprint density at radius 1 is 1.43 bits per heavy atom. The van der Waals surface area contributed by atoms with Crippen molar-refractivity contribution in [3.63, 3.8) is 0 Å². The van der Waals surface area contributed by atoms with Gasteiger partial charge in [-0.25, -0.2) is 4.98 Å². The van der Waals surface area contributed by atoms with Crippen molar-refractivity contribution in [2.75, 3.05) is 17.3 Å². The van der Waals surface area contributed by atoms with Gasteiger partial charge in [0.05, 0.1) is 11.5 Å². The van der Waals surface area contributed by atoms with Crippen molar-refractivity contribution in [2.24, 2.45) is 0 Å². The lowest BCUT2D eigenvalue weighted by Crippen LogP contribution is -2.31. The number of pyridine rings is 1. The molecule has 7 heteroatoms. The van der Waals surface area contributed by atoms with Crippen LogP contribution in [-0.2, 0) is 6.54 Å². The summed E-state index contributed by atoms with van der Waals surface area (Å²) >= 11 is 1.63. The standard InChI is InChI=1S/C14H18N4O2S/c1-10(2)17(9-11-5-4-8-21-11)14-12(18(19)20)6-7-13(15-3)16-14/h4-8,10H,9H2,1-3H3,(H,15,16). The van der Waals surface area contributed by atoms with E-state index in [9.17, 15) is 10.1 Å². The lowest BCUT2D eigenvalue weighted by atomic mass is 10.2. The molecule has 0 saturated heterocycles. The third kappa shape index (κ3) is 3.49. The quantitative estimate of drug-likeness (QED) is 0.653. The number of rotatable bonds is 6. The fourth-order valence-electron chi connectivity index (χ4n) is 2.01. The van der Waals surface area contributed by atoms with Crippen LogP contribution < -0.4 is 10.2 Å². The molecule has 0 aliphatic heterocycles. The second-order valence-corrected chi connectivity index (χ2v) is 5.88. The number of anilines is 2. The van der Waals surface area contributed by atoms with Gasteiger partial charge in [0.15, 0.2) is 0 Å². The number of hydrogen-bond acceptors (Lipinski definition) is 6. The Hall–Kier alpha value is -2.15. The molecule has 2 aromatic rings. The fraction of sp³-hybridized carbons (Fsp3) is 0.357. The van der Waals surface area contributed by atoms with Gasteiger partial charge in [-0.1, -0.05) is 6.07 Å². The molecule has 0 radical (unpaired) electrons. The molecule has 0 amide bonds. The van der Waals surface area contributed by atoms with Gasteiger partial charge in [-0.05, 0) is 31.4 Å². The van der Waals surface area contributed by atoms with Crippen molar-refractivity contribution in [3.05, 3.63) is 44.6 Å². The summed E-state index contributed by atoms with van der Waals surface area (Å²) in [6.07, 6.45) is 0. The topological polar surface area (TPSA) is 71.3 Å². The van der Waals surface area contributed by atoms with Gasteiger partial charge < -0.3 is 10.2 Å². The maximum atomic E-state index is 11.3. The molecule has 0 unspecified atom stereocenters. The lowest BCUT2D eigenvalue weighted by Gasteiger charge is -2.27. The van der Waals surface area contributed by atoms with E-state index in [2.05, 4.69) is 10.3 Å². The summed E-state index contributed by atoms with van der Waals surface area (Å²) in [5, 5.41) is 16.2. The molecule has 2 aromatic heterocycles. The van der Waals surface area contributed by atoms with Crippen molar-refractivity contribution < 1.29 is 4.92 Å². The minimum Gasteiger partial charge on any atom is -0.373 e. The van der Waals surface area contributed by atoms with Crippen LogP contribution in [0.15, 0.2) is 29.6 Å². The third-order valence-electron chi connectivity index (χ3n) is 3.11. The highest BCUT2D eigenvalue weighted by atomic mass is 32.1. The van der Waals surface area contributed by atoms with Gasteiger partial charge in [0.1, 0.15) is 5.82 Å². The zero-order valence-electron chi connectivity index (χ0n) is 12.2. The predicted octanol–water partition coefficient (Wildman–Crippen LogP) is 3.51. The molecule has 2 heterocycles. The molecular formula is C14H18N4O2S. The van der Waals surface area contributed by atoms with Crippen molar-refractivity contribution in [2.45, 2.75) is 26.4 Å². The van der Waals surface area contributed by atoms with E-state index < -0.39 is 0 Å². The number of thiophene rings is 1. The predicted molar refractivity (Wildman–Crippen MR) is 86.1 cm³/mol. The first-order chi connectivity index (χ1) is 10.0. The summed E-state index contributed by atoms with van der Waals surface area (Å²) in [6.45, 7) is 4.62. The molecule has 0 aromatic carbocycles. The van der Waals surface area contributed by atoms with Gasteiger partial charge in [0.2, 0.25) is 5.82 Å². The summed E-state index contributed by atoms with van der Waals surface area (Å²) in [5.41, 5.74) is 0.0271. The molecule has 6 nitrogen and oxygen atoms in total. The van der Waals surface area contributed by atoms with Crippen LogP contribution in [0.1, 0.15) is 18.7 Å². The summed E-state index contributed by atoms with van der Waals surface area (Å²) < 4.78 is 0. The molecule has 0 bridgehead atoms. The van der Waals surface area contributed by atoms with Crippen molar-refractivity contribution >= 4 is 28.7 Å². The van der Waals surface area contributed by atoms with E-state index in [1.165, 1.54) is 6.07 Å². The van der Waals surface area contributed by atoms with Crippen molar-refractivity contribution in [1.29, 1.82) is 0 Å². The van der Waals surface area contributed by atoms with E-state index in [1.807, 2.05) is 36.3 Å². The summed E-state index contributed by atoms with van der Waals surface area (Å²) in [7, 11) is 1.75. The van der Waals surface area contributed by atoms with Crippen LogP contribution in [0, 0.1) is 10.1 Å². The SMILES string of the molecule is CNc1ccc([N+](=O)[O-])c(N(Cc2cccs2)C(C)C)n1. The smallest absolute Gasteiger partial charge is 0.311 e. The van der Waals surface area contributed by atoms with Gasteiger partial charge >= 0.3 is 5.69 Å². The summed E-state index contributed by atoms with van der Waals surface area (Å²) in [4.78, 5) is 18.4. The second-order valence-electron chi connectivity index (χ2n) is 4.85. The highest BCUT2D eigenvalue weighted by Crippen LogP contribution is 2.30. The number of nitro groups is 1. The van der Waals surface area contributed by atoms with Crippen LogP contribution in [0.25, 0.3) is 0 Å². The van der Waals surface area contributed by atoms with Gasteiger partial charge in [0, 0.05) is 24.0 Å². The van der Waals surface area contributed by atoms with Gasteiger partial charge in [0.25, 0.3) is 0 Å². The molecule has 0 aliphatic carbocycles. The molecule has 0 aliphatic rings. The first kappa shape index (κ1) is 15.2. The minimum absolute atomic E-state index is 0.0271. The zero-order valence-corrected chi connectivity index (χ0v) is 13.1. The Bertz CT molecular complexity index is 613. The molecule has 1 N–H and O–H groups in total. The lowest BCUT2D eigenvalue weighted by molar-refractivity contribution is -0.384. The first-order valence-corrected chi connectivity index (χ1v) is 7.53. The Morgan fingerprint density at radius 2 is 2.19 bits per heavy atom. The Morgan fingerprint density at radius 3 is 2.71 bits per heavy atom. The Labute approximate surface area is 127 Å². The van der Waals surface area contributed by atoms with E-state index in [0.717, 1.165) is 4.88 Å². The number of aromatic nitrogens is 1. The molecular weight excluding hydrogens is 288 g/mol. The van der Waals surface area contributed by atoms with Crippen LogP contribution in [0.4, 0.5) is 17.3 Å². The van der Waals surface area contributed by atoms with Crippen LogP contribution in [0.2, 0.25) is 0 Å². The zero-order chi connectivity index (χ0) is 15.4. The largest absolute Gasteiger partial charge is 0.373 e. The maximum Gasteiger partial charge on any atom is 0.311 e. The molecule has 112 valence electrons. The van der Waals surface area contributed by atoms with E-state index in [0.29, 0.717) is 18.2 Å². The van der Waals surface area contributed by atoms with E-state index in [-0.39, 0.29) is 16.7 Å². The monoisotopic (exact) mass is 306 g/mol. The van der Waals surface area contributed by atoms with E-state index in [1.54, 1.807) is 24.5 Å². The summed E-state index contributed by atoms with van der Waals surface area (Å²) in [6, 6.07) is 7.21. The van der Waals surface area contributed by atoms with Crippen molar-refractivity contribution in [3.8, 4) is 0 Å². The van der Waals surface area contributed by atoms with Crippen LogP contribution >= 0.6 is 11.3 Å². The molecule has 0 fully saturated rings. The molecule has 0 spiro atoms. The van der Waals surface area contributed by atoms with Gasteiger partial charge in [-0.2, -0.15) is 0 Å². The van der Waals surface area contributed by atoms with Crippen molar-refractivity contribution in [1.82, 2.24) is 4.98 Å². The maximum absolute atomic E-state index is 11.3. The molecule has 2 rings (SSSR count). The van der Waals surface area contributed by atoms with Crippen LogP contribution in [0.5, 0.6) is 0 Å². The number of nitrogens with one attached hydrogen (secondary N) is 1. The minimum atomic E-state index is -0.383. The summed E-state index contributed by atoms with van der Waals surface area (Å²) in [5.74, 6) is 1.02. The van der Waals surface area contributed by atoms with Gasteiger partial charge in [-0.3, -0.25) is 10.1 Å². The molecule has 21 heavy (non-hydrogen) atoms. The van der Waals surface area contributed by atoms with Gasteiger partial charge in [-0.15, -0.1) is 11.3 Å². The van der Waals surface area contributed by atoms with E-state index >= 15 is 0 Å². The number of hydrogen-bond donors (Lipinski definition) is 1. The third-order valence-corrected chi connectivity index (χ3v) is 3.97. The molecule has 0 saturated carbocycles. The fourth-order valence-corrected chi connectivity index (χ4v) is 2.71. The van der Waals surface area contributed by atoms with Crippen LogP contribution in [-0.4, -0.2) is 23.0 Å². The van der Waals surface area contributed by atoms with E-state index in [4.69, 9.17) is 0 Å². The highest BCUT2D eigenvalue weighted by Gasteiger charge is 2.24. The van der Waals surface area contributed by atoms with Crippen LogP contribution in [0.3, 0.4) is 0 Å².